The highest BCUT2D eigenvalue weighted by atomic mass is 16.7. The van der Waals surface area contributed by atoms with Gasteiger partial charge in [0, 0.05) is 35.5 Å². The number of esters is 13. The monoisotopic (exact) mass is 1480 g/mol. The Balaban J connectivity index is 0.000000131. The second kappa shape index (κ2) is 29.2. The molecule has 28 heteroatoms. The van der Waals surface area contributed by atoms with E-state index < -0.39 is 93.0 Å². The molecule has 25 unspecified atom stereocenters. The predicted molar refractivity (Wildman–Crippen MR) is 359 cm³/mol. The Hall–Kier alpha value is -6.97. The van der Waals surface area contributed by atoms with Crippen molar-refractivity contribution < 1.29 is 133 Å². The zero-order chi connectivity index (χ0) is 76.9. The Morgan fingerprint density at radius 2 is 0.781 bits per heavy atom. The van der Waals surface area contributed by atoms with Gasteiger partial charge in [-0.25, -0.2) is 9.59 Å². The summed E-state index contributed by atoms with van der Waals surface area (Å²) in [6.45, 7) is 30.8. The number of hydrogen-bond acceptors (Lipinski definition) is 28. The zero-order valence-corrected chi connectivity index (χ0v) is 63.7. The van der Waals surface area contributed by atoms with E-state index in [9.17, 15) is 62.3 Å². The molecule has 9 heterocycles. The van der Waals surface area contributed by atoms with Crippen LogP contribution >= 0.6 is 0 Å². The average molecular weight is 1480 g/mol. The van der Waals surface area contributed by atoms with Gasteiger partial charge in [0.1, 0.15) is 61.0 Å². The lowest BCUT2D eigenvalue weighted by atomic mass is 9.79. The fourth-order valence-corrected chi connectivity index (χ4v) is 17.5. The smallest absolute Gasteiger partial charge is 0.344 e. The SMILES string of the molecule is CCC(C)(C)C(=O)OC1(C)C2CC3C(=O)OC1C3C2.CCC(C)(C)C(=O)OC1(C)C2CC3C(=O)OC1C3O2.CCC(C)(C)C(=O)OCC(=O)OC1C2CC3C(=O)OC1C3C2.CCC(C)(C)C(=O)OCC(=O)OC1C2CC3C(=O)OC1C3O2.CCC(C)(C)C(=O)OCCC(=O)OC1C2CC3C(=O)OC1C3C2. The third kappa shape index (κ3) is 14.7. The van der Waals surface area contributed by atoms with Crippen LogP contribution in [0.1, 0.15) is 208 Å². The van der Waals surface area contributed by atoms with Crippen LogP contribution in [0.25, 0.3) is 0 Å². The predicted octanol–water partition coefficient (Wildman–Crippen LogP) is 7.64. The summed E-state index contributed by atoms with van der Waals surface area (Å²) in [5.41, 5.74) is -4.25. The van der Waals surface area contributed by atoms with E-state index in [1.807, 2.05) is 90.0 Å². The highest BCUT2D eigenvalue weighted by molar-refractivity contribution is 5.84. The third-order valence-electron chi connectivity index (χ3n) is 26.6. The number of rotatable bonds is 22. The van der Waals surface area contributed by atoms with Gasteiger partial charge in [-0.1, -0.05) is 34.6 Å². The molecule has 0 N–H and O–H groups in total. The molecule has 0 amide bonds. The molecule has 9 aliphatic heterocycles. The summed E-state index contributed by atoms with van der Waals surface area (Å²) >= 11 is 0. The molecule has 6 aliphatic carbocycles. The van der Waals surface area contributed by atoms with Crippen molar-refractivity contribution in [3.8, 4) is 0 Å². The minimum Gasteiger partial charge on any atom is -0.465 e. The van der Waals surface area contributed by atoms with Gasteiger partial charge < -0.3 is 71.1 Å². The van der Waals surface area contributed by atoms with Crippen LogP contribution in [0.5, 0.6) is 0 Å². The molecule has 584 valence electrons. The summed E-state index contributed by atoms with van der Waals surface area (Å²) in [6.07, 6.45) is 5.41. The number of hydrogen-bond donors (Lipinski definition) is 0. The van der Waals surface area contributed by atoms with Crippen LogP contribution in [0.4, 0.5) is 0 Å². The molecule has 15 fully saturated rings. The number of carbonyl (C=O) groups is 13. The summed E-state index contributed by atoms with van der Waals surface area (Å²) in [5.74, 6) is -3.07. The normalized spacial score (nSPS) is 38.1. The van der Waals surface area contributed by atoms with Gasteiger partial charge in [-0.15, -0.1) is 0 Å². The summed E-state index contributed by atoms with van der Waals surface area (Å²) < 4.78 is 81.1. The van der Waals surface area contributed by atoms with Crippen molar-refractivity contribution in [2.75, 3.05) is 19.8 Å². The van der Waals surface area contributed by atoms with E-state index in [-0.39, 0.29) is 187 Å². The van der Waals surface area contributed by atoms with Gasteiger partial charge in [-0.2, -0.15) is 0 Å². The minimum atomic E-state index is -0.836. The van der Waals surface area contributed by atoms with Crippen LogP contribution in [-0.4, -0.2) is 182 Å². The highest BCUT2D eigenvalue weighted by Gasteiger charge is 2.73. The molecule has 6 saturated carbocycles. The van der Waals surface area contributed by atoms with Gasteiger partial charge in [-0.3, -0.25) is 52.7 Å². The Labute approximate surface area is 612 Å². The maximum atomic E-state index is 12.3. The summed E-state index contributed by atoms with van der Waals surface area (Å²) in [6, 6.07) is 0. The van der Waals surface area contributed by atoms with E-state index in [0.29, 0.717) is 38.5 Å². The molecule has 9 saturated heterocycles. The van der Waals surface area contributed by atoms with Gasteiger partial charge in [0.2, 0.25) is 0 Å². The fraction of sp³-hybridized carbons (Fsp3) is 0.831. The van der Waals surface area contributed by atoms with Crippen LogP contribution < -0.4 is 0 Å². The third-order valence-corrected chi connectivity index (χ3v) is 26.6. The van der Waals surface area contributed by atoms with Gasteiger partial charge in [0.15, 0.2) is 37.1 Å². The van der Waals surface area contributed by atoms with Crippen molar-refractivity contribution in [3.05, 3.63) is 0 Å². The van der Waals surface area contributed by atoms with Gasteiger partial charge in [0.05, 0.1) is 69.2 Å². The van der Waals surface area contributed by atoms with Crippen LogP contribution in [0.2, 0.25) is 0 Å². The first-order valence-electron chi connectivity index (χ1n) is 38.0. The Kier molecular flexibility index (Phi) is 22.0. The Morgan fingerprint density at radius 3 is 1.29 bits per heavy atom. The van der Waals surface area contributed by atoms with Crippen molar-refractivity contribution in [1.82, 2.24) is 0 Å². The van der Waals surface area contributed by atoms with Crippen LogP contribution in [0.3, 0.4) is 0 Å². The standard InChI is InChI=1S/C17H24O6.C16H22O6.C15H20O7.C15H22O4.C14H20O5/c1-4-17(2,3)16(20)21-6-5-12(18)22-13-9-7-10-11(8-9)15(19)23-14(10)13;1-4-16(2,3)15(19)20-7-11(17)21-12-8-5-9-10(6-8)14(18)22-13(9)12;1-4-15(2,3)14(18)19-6-9(16)21-11-8-5-7-10(20-8)12(11)22-13(7)17;1-5-14(2,3)13(17)19-15(4)8-6-9-10(7-8)12(16)18-11(9)15;1-5-13(2,3)12(16)19-14(4)8-6-7-9(17-8)10(14)18-11(7)15/h9-11,13-14H,4-8H2,1-3H3;8-10,12-13H,4-7H2,1-3H3;7-8,10-12H,4-6H2,1-3H3;8-11H,5-7H2,1-4H3;7-10H,5-6H2,1-4H3. The van der Waals surface area contributed by atoms with Crippen molar-refractivity contribution in [3.63, 3.8) is 0 Å². The quantitative estimate of drug-likeness (QED) is 0.0741. The molecular weight excluding hydrogens is 1370 g/mol. The van der Waals surface area contributed by atoms with Gasteiger partial charge in [0.25, 0.3) is 0 Å². The van der Waals surface area contributed by atoms with E-state index in [4.69, 9.17) is 71.1 Å². The summed E-state index contributed by atoms with van der Waals surface area (Å²) in [7, 11) is 0. The minimum absolute atomic E-state index is 0.00636. The fourth-order valence-electron chi connectivity index (χ4n) is 17.5. The molecule has 25 atom stereocenters. The molecule has 10 bridgehead atoms. The Morgan fingerprint density at radius 1 is 0.381 bits per heavy atom. The molecule has 0 aromatic rings. The molecule has 28 nitrogen and oxygen atoms in total. The Bertz CT molecular complexity index is 3280. The van der Waals surface area contributed by atoms with Crippen molar-refractivity contribution in [2.24, 2.45) is 92.2 Å². The first-order valence-corrected chi connectivity index (χ1v) is 38.0. The molecule has 0 radical (unpaired) electrons. The first-order chi connectivity index (χ1) is 49.1. The summed E-state index contributed by atoms with van der Waals surface area (Å²) in [5, 5.41) is 0. The highest BCUT2D eigenvalue weighted by Crippen LogP contribution is 2.62. The van der Waals surface area contributed by atoms with Crippen LogP contribution in [0, 0.1) is 92.2 Å². The zero-order valence-electron chi connectivity index (χ0n) is 63.7. The van der Waals surface area contributed by atoms with E-state index in [1.54, 1.807) is 27.7 Å². The lowest BCUT2D eigenvalue weighted by molar-refractivity contribution is -0.188. The number of carbonyl (C=O) groups excluding carboxylic acids is 13. The number of fused-ring (bicyclic) bond motifs is 5. The maximum absolute atomic E-state index is 12.3. The van der Waals surface area contributed by atoms with E-state index >= 15 is 0 Å². The lowest BCUT2D eigenvalue weighted by Crippen LogP contribution is -2.52. The van der Waals surface area contributed by atoms with Gasteiger partial charge >= 0.3 is 77.6 Å². The molecule has 105 heavy (non-hydrogen) atoms. The molecule has 0 spiro atoms. The molecule has 0 aromatic heterocycles. The average Bonchev–Trinajstić information content (AvgIpc) is 1.56. The number of ether oxygens (including phenoxy) is 15. The largest absolute Gasteiger partial charge is 0.465 e. The molecule has 0 aromatic carbocycles. The van der Waals surface area contributed by atoms with Crippen molar-refractivity contribution in [1.29, 1.82) is 0 Å². The molecule has 15 rings (SSSR count). The van der Waals surface area contributed by atoms with E-state index in [0.717, 1.165) is 44.9 Å². The first kappa shape index (κ1) is 79.1. The van der Waals surface area contributed by atoms with Gasteiger partial charge in [-0.05, 0) is 167 Å². The molecular formula is C77H108O28. The van der Waals surface area contributed by atoms with Crippen molar-refractivity contribution in [2.45, 2.75) is 292 Å². The lowest BCUT2D eigenvalue weighted by Gasteiger charge is -2.38. The second-order valence-electron chi connectivity index (χ2n) is 35.0. The second-order valence-corrected chi connectivity index (χ2v) is 35.0. The van der Waals surface area contributed by atoms with Crippen molar-refractivity contribution >= 4 is 77.6 Å². The van der Waals surface area contributed by atoms with Crippen LogP contribution in [0.15, 0.2) is 0 Å². The molecule has 15 aliphatic rings. The van der Waals surface area contributed by atoms with Crippen LogP contribution in [-0.2, 0) is 133 Å². The van der Waals surface area contributed by atoms with E-state index in [1.165, 1.54) is 0 Å². The maximum Gasteiger partial charge on any atom is 0.344 e. The summed E-state index contributed by atoms with van der Waals surface area (Å²) in [4.78, 5) is 154. The van der Waals surface area contributed by atoms with E-state index in [2.05, 4.69) is 0 Å². The topological polar surface area (TPSA) is 360 Å².